The quantitative estimate of drug-likeness (QED) is 0.846. The molecule has 0 heterocycles. The standard InChI is InChI=1S/C12H11F4NO4/c1-21-5-4-17(11(20)12(14,15)16)9-6-7(13)2-3-8(9)10(18)19/h2-3,6H,4-5H2,1H3,(H,18,19). The maximum absolute atomic E-state index is 13.2. The number of methoxy groups -OCH3 is 1. The van der Waals surface area contributed by atoms with Gasteiger partial charge in [0.05, 0.1) is 17.9 Å². The molecule has 1 N–H and O–H groups in total. The molecule has 0 aromatic heterocycles. The minimum absolute atomic E-state index is 0.135. The summed E-state index contributed by atoms with van der Waals surface area (Å²) in [7, 11) is 1.19. The van der Waals surface area contributed by atoms with E-state index >= 15 is 0 Å². The zero-order valence-electron chi connectivity index (χ0n) is 10.8. The Kier molecular flexibility index (Phi) is 5.25. The number of nitrogens with zero attached hydrogens (tertiary/aromatic N) is 1. The number of hydrogen-bond acceptors (Lipinski definition) is 3. The van der Waals surface area contributed by atoms with E-state index in [4.69, 9.17) is 5.11 Å². The molecule has 0 saturated heterocycles. The summed E-state index contributed by atoms with van der Waals surface area (Å²) >= 11 is 0. The average Bonchev–Trinajstić information content (AvgIpc) is 2.37. The van der Waals surface area contributed by atoms with Crippen LogP contribution >= 0.6 is 0 Å². The van der Waals surface area contributed by atoms with Gasteiger partial charge in [0.15, 0.2) is 0 Å². The number of carboxylic acids is 1. The van der Waals surface area contributed by atoms with Gasteiger partial charge in [0.2, 0.25) is 0 Å². The minimum atomic E-state index is -5.23. The Bertz CT molecular complexity index is 545. The van der Waals surface area contributed by atoms with Crippen LogP contribution in [0.2, 0.25) is 0 Å². The summed E-state index contributed by atoms with van der Waals surface area (Å²) < 4.78 is 55.5. The summed E-state index contributed by atoms with van der Waals surface area (Å²) in [6, 6.07) is 2.12. The van der Waals surface area contributed by atoms with Gasteiger partial charge in [0, 0.05) is 13.7 Å². The fourth-order valence-corrected chi connectivity index (χ4v) is 1.58. The van der Waals surface area contributed by atoms with Gasteiger partial charge in [-0.05, 0) is 18.2 Å². The number of carbonyl (C=O) groups excluding carboxylic acids is 1. The lowest BCUT2D eigenvalue weighted by Gasteiger charge is -2.25. The summed E-state index contributed by atoms with van der Waals surface area (Å²) in [4.78, 5) is 22.5. The summed E-state index contributed by atoms with van der Waals surface area (Å²) in [6.45, 7) is -0.851. The van der Waals surface area contributed by atoms with Crippen molar-refractivity contribution in [2.45, 2.75) is 6.18 Å². The van der Waals surface area contributed by atoms with Crippen molar-refractivity contribution >= 4 is 17.6 Å². The predicted molar refractivity (Wildman–Crippen MR) is 63.6 cm³/mol. The second kappa shape index (κ2) is 6.53. The third-order valence-corrected chi connectivity index (χ3v) is 2.49. The number of aromatic carboxylic acids is 1. The molecule has 0 radical (unpaired) electrons. The minimum Gasteiger partial charge on any atom is -0.478 e. The first-order valence-electron chi connectivity index (χ1n) is 5.59. The van der Waals surface area contributed by atoms with E-state index in [0.29, 0.717) is 6.07 Å². The van der Waals surface area contributed by atoms with E-state index < -0.39 is 41.7 Å². The Labute approximate surface area is 116 Å². The molecule has 1 amide bonds. The second-order valence-corrected chi connectivity index (χ2v) is 3.91. The van der Waals surface area contributed by atoms with Crippen LogP contribution in [0.1, 0.15) is 10.4 Å². The van der Waals surface area contributed by atoms with E-state index in [1.807, 2.05) is 0 Å². The first kappa shape index (κ1) is 16.9. The molecule has 0 fully saturated rings. The van der Waals surface area contributed by atoms with Gasteiger partial charge in [-0.3, -0.25) is 4.79 Å². The zero-order chi connectivity index (χ0) is 16.2. The highest BCUT2D eigenvalue weighted by Crippen LogP contribution is 2.27. The number of benzene rings is 1. The van der Waals surface area contributed by atoms with Gasteiger partial charge in [0.1, 0.15) is 5.82 Å². The molecule has 0 unspecified atom stereocenters. The molecule has 1 aromatic rings. The van der Waals surface area contributed by atoms with E-state index in [1.165, 1.54) is 7.11 Å². The largest absolute Gasteiger partial charge is 0.478 e. The van der Waals surface area contributed by atoms with Gasteiger partial charge in [0.25, 0.3) is 0 Å². The third-order valence-electron chi connectivity index (χ3n) is 2.49. The Morgan fingerprint density at radius 3 is 2.43 bits per heavy atom. The molecular weight excluding hydrogens is 298 g/mol. The normalized spacial score (nSPS) is 11.3. The van der Waals surface area contributed by atoms with Crippen molar-refractivity contribution in [1.29, 1.82) is 0 Å². The van der Waals surface area contributed by atoms with E-state index in [2.05, 4.69) is 4.74 Å². The van der Waals surface area contributed by atoms with Gasteiger partial charge in [-0.15, -0.1) is 0 Å². The molecule has 1 aromatic carbocycles. The molecule has 0 atom stereocenters. The Hall–Kier alpha value is -2.16. The van der Waals surface area contributed by atoms with Crippen LogP contribution in [0.3, 0.4) is 0 Å². The molecule has 0 aliphatic heterocycles. The van der Waals surface area contributed by atoms with Gasteiger partial charge in [-0.25, -0.2) is 9.18 Å². The molecule has 21 heavy (non-hydrogen) atoms. The number of carbonyl (C=O) groups is 2. The number of anilines is 1. The fraction of sp³-hybridized carbons (Fsp3) is 0.333. The van der Waals surface area contributed by atoms with Crippen LogP contribution in [-0.2, 0) is 9.53 Å². The summed E-state index contributed by atoms with van der Waals surface area (Å²) in [5.41, 5.74) is -1.30. The molecule has 0 aliphatic carbocycles. The summed E-state index contributed by atoms with van der Waals surface area (Å²) in [5.74, 6) is -4.84. The summed E-state index contributed by atoms with van der Waals surface area (Å²) in [6.07, 6.45) is -5.23. The zero-order valence-corrected chi connectivity index (χ0v) is 10.8. The predicted octanol–water partition coefficient (Wildman–Crippen LogP) is 2.07. The molecular formula is C12H11F4NO4. The number of amides is 1. The lowest BCUT2D eigenvalue weighted by molar-refractivity contribution is -0.170. The van der Waals surface area contributed by atoms with E-state index in [0.717, 1.165) is 12.1 Å². The van der Waals surface area contributed by atoms with Gasteiger partial charge >= 0.3 is 18.1 Å². The van der Waals surface area contributed by atoms with Crippen molar-refractivity contribution in [3.63, 3.8) is 0 Å². The second-order valence-electron chi connectivity index (χ2n) is 3.91. The monoisotopic (exact) mass is 309 g/mol. The highest BCUT2D eigenvalue weighted by molar-refractivity contribution is 6.03. The number of alkyl halides is 3. The number of rotatable bonds is 5. The van der Waals surface area contributed by atoms with Crippen LogP contribution in [0.25, 0.3) is 0 Å². The molecule has 0 saturated carbocycles. The number of halogens is 4. The fourth-order valence-electron chi connectivity index (χ4n) is 1.58. The van der Waals surface area contributed by atoms with Crippen molar-refractivity contribution in [3.05, 3.63) is 29.6 Å². The third kappa shape index (κ3) is 4.15. The van der Waals surface area contributed by atoms with Gasteiger partial charge in [-0.1, -0.05) is 0 Å². The van der Waals surface area contributed by atoms with Crippen molar-refractivity contribution in [3.8, 4) is 0 Å². The van der Waals surface area contributed by atoms with Crippen LogP contribution in [-0.4, -0.2) is 43.4 Å². The SMILES string of the molecule is COCCN(C(=O)C(F)(F)F)c1cc(F)ccc1C(=O)O. The molecule has 0 bridgehead atoms. The van der Waals surface area contributed by atoms with Gasteiger partial charge in [-0.2, -0.15) is 13.2 Å². The number of hydrogen-bond donors (Lipinski definition) is 1. The first-order chi connectivity index (χ1) is 9.68. The highest BCUT2D eigenvalue weighted by Gasteiger charge is 2.43. The van der Waals surface area contributed by atoms with Crippen molar-refractivity contribution in [2.75, 3.05) is 25.2 Å². The lowest BCUT2D eigenvalue weighted by Crippen LogP contribution is -2.43. The van der Waals surface area contributed by atoms with Crippen molar-refractivity contribution in [2.24, 2.45) is 0 Å². The maximum Gasteiger partial charge on any atom is 0.471 e. The molecule has 5 nitrogen and oxygen atoms in total. The molecule has 0 aliphatic rings. The van der Waals surface area contributed by atoms with E-state index in [1.54, 1.807) is 0 Å². The average molecular weight is 309 g/mol. The molecule has 116 valence electrons. The van der Waals surface area contributed by atoms with Crippen LogP contribution in [0, 0.1) is 5.82 Å². The van der Waals surface area contributed by atoms with Crippen molar-refractivity contribution in [1.82, 2.24) is 0 Å². The van der Waals surface area contributed by atoms with Crippen LogP contribution in [0.5, 0.6) is 0 Å². The maximum atomic E-state index is 13.2. The molecule has 0 spiro atoms. The van der Waals surface area contributed by atoms with E-state index in [9.17, 15) is 27.2 Å². The van der Waals surface area contributed by atoms with Gasteiger partial charge < -0.3 is 14.7 Å². The van der Waals surface area contributed by atoms with E-state index in [-0.39, 0.29) is 11.5 Å². The molecule has 9 heteroatoms. The topological polar surface area (TPSA) is 66.8 Å². The summed E-state index contributed by atoms with van der Waals surface area (Å²) in [5, 5.41) is 8.94. The first-order valence-corrected chi connectivity index (χ1v) is 5.59. The molecule has 1 rings (SSSR count). The number of carboxylic acid groups (broad SMARTS) is 1. The van der Waals surface area contributed by atoms with Crippen molar-refractivity contribution < 1.29 is 37.0 Å². The Morgan fingerprint density at radius 2 is 1.95 bits per heavy atom. The lowest BCUT2D eigenvalue weighted by atomic mass is 10.1. The Balaban J connectivity index is 3.35. The van der Waals surface area contributed by atoms with Crippen LogP contribution in [0.15, 0.2) is 18.2 Å². The van der Waals surface area contributed by atoms with Crippen LogP contribution < -0.4 is 4.90 Å². The Morgan fingerprint density at radius 1 is 1.33 bits per heavy atom. The highest BCUT2D eigenvalue weighted by atomic mass is 19.4. The van der Waals surface area contributed by atoms with Crippen LogP contribution in [0.4, 0.5) is 23.2 Å². The number of ether oxygens (including phenoxy) is 1. The smallest absolute Gasteiger partial charge is 0.471 e.